The van der Waals surface area contributed by atoms with Crippen LogP contribution in [-0.2, 0) is 24.0 Å². The van der Waals surface area contributed by atoms with Gasteiger partial charge in [0.1, 0.15) is 6.04 Å². The van der Waals surface area contributed by atoms with Gasteiger partial charge < -0.3 is 14.9 Å². The molecule has 5 fully saturated rings. The lowest BCUT2D eigenvalue weighted by molar-refractivity contribution is -0.181. The average molecular weight is 624 g/mol. The van der Waals surface area contributed by atoms with Crippen LogP contribution in [0.25, 0.3) is 0 Å². The molecular formula is C36H53N3O6. The number of hydrogen-bond acceptors (Lipinski definition) is 7. The number of carbonyl (C=O) groups excluding carboxylic acids is 4. The molecule has 4 unspecified atom stereocenters. The van der Waals surface area contributed by atoms with Crippen LogP contribution in [0.1, 0.15) is 119 Å². The minimum atomic E-state index is -0.924. The first kappa shape index (κ1) is 32.2. The first-order valence-corrected chi connectivity index (χ1v) is 17.1. The van der Waals surface area contributed by atoms with Gasteiger partial charge in [-0.1, -0.05) is 65.3 Å². The van der Waals surface area contributed by atoms with Crippen LogP contribution >= 0.6 is 0 Å². The van der Waals surface area contributed by atoms with E-state index in [0.29, 0.717) is 11.8 Å². The Bertz CT molecular complexity index is 1380. The zero-order valence-corrected chi connectivity index (χ0v) is 28.6. The molecule has 0 aromatic rings. The molecular weight excluding hydrogens is 570 g/mol. The number of nitrogens with zero attached hydrogens (tertiary/aromatic N) is 1. The Kier molecular flexibility index (Phi) is 7.45. The third kappa shape index (κ3) is 4.63. The molecule has 0 aromatic carbocycles. The number of nitrogens with one attached hydrogen (secondary N) is 2. The number of carbonyl (C=O) groups is 4. The molecule has 0 spiro atoms. The largest absolute Gasteiger partial charge is 0.469 e. The second-order valence-corrected chi connectivity index (χ2v) is 17.3. The zero-order valence-electron chi connectivity index (χ0n) is 28.6. The number of esters is 1. The fourth-order valence-electron chi connectivity index (χ4n) is 11.7. The molecule has 0 aromatic heterocycles. The maximum absolute atomic E-state index is 13.5. The van der Waals surface area contributed by atoms with Crippen molar-refractivity contribution in [3.8, 4) is 0 Å². The fraction of sp³-hybridized carbons (Fsp3) is 0.806. The summed E-state index contributed by atoms with van der Waals surface area (Å²) in [5.74, 6) is -0.0635. The minimum Gasteiger partial charge on any atom is -0.469 e. The summed E-state index contributed by atoms with van der Waals surface area (Å²) in [5.41, 5.74) is 2.17. The molecule has 6 aliphatic rings. The molecule has 9 nitrogen and oxygen atoms in total. The number of imide groups is 1. The van der Waals surface area contributed by atoms with Crippen molar-refractivity contribution in [2.24, 2.45) is 55.4 Å². The average Bonchev–Trinajstić information content (AvgIpc) is 3.27. The van der Waals surface area contributed by atoms with Crippen LogP contribution in [0.3, 0.4) is 0 Å². The lowest BCUT2D eigenvalue weighted by Gasteiger charge is -2.70. The van der Waals surface area contributed by atoms with E-state index in [2.05, 4.69) is 70.3 Å². The number of fused-ring (bicyclic) bond motifs is 7. The molecule has 5 aliphatic carbocycles. The quantitative estimate of drug-likeness (QED) is 0.122. The third-order valence-corrected chi connectivity index (χ3v) is 14.5. The molecule has 3 amide bonds. The Hall–Kier alpha value is -2.71. The number of allylic oxidation sites excluding steroid dienone is 2. The van der Waals surface area contributed by atoms with Crippen LogP contribution in [-0.4, -0.2) is 42.7 Å². The van der Waals surface area contributed by atoms with Crippen LogP contribution in [0.4, 0.5) is 4.79 Å². The molecule has 0 radical (unpaired) electrons. The summed E-state index contributed by atoms with van der Waals surface area (Å²) in [6.07, 6.45) is 12.2. The molecule has 2 N–H and O–H groups in total. The van der Waals surface area contributed by atoms with Crippen LogP contribution in [0, 0.1) is 50.2 Å². The van der Waals surface area contributed by atoms with Crippen molar-refractivity contribution in [3.05, 3.63) is 11.6 Å². The van der Waals surface area contributed by atoms with Crippen molar-refractivity contribution >= 4 is 29.6 Å². The normalized spacial score (nSPS) is 43.8. The van der Waals surface area contributed by atoms with Crippen molar-refractivity contribution in [1.82, 2.24) is 10.6 Å². The van der Waals surface area contributed by atoms with E-state index in [1.54, 1.807) is 7.11 Å². The topological polar surface area (TPSA) is 123 Å². The highest BCUT2D eigenvalue weighted by molar-refractivity contribution is 6.05. The number of rotatable bonds is 4. The molecule has 248 valence electrons. The second-order valence-electron chi connectivity index (χ2n) is 17.3. The molecule has 9 heteroatoms. The van der Waals surface area contributed by atoms with E-state index in [-0.39, 0.29) is 45.4 Å². The van der Waals surface area contributed by atoms with Gasteiger partial charge >= 0.3 is 18.0 Å². The van der Waals surface area contributed by atoms with Gasteiger partial charge in [0, 0.05) is 5.41 Å². The Morgan fingerprint density at radius 1 is 0.956 bits per heavy atom. The summed E-state index contributed by atoms with van der Waals surface area (Å²) in [4.78, 5) is 54.7. The highest BCUT2D eigenvalue weighted by Gasteiger charge is 2.69. The molecule has 0 bridgehead atoms. The van der Waals surface area contributed by atoms with Gasteiger partial charge in [0.05, 0.1) is 24.7 Å². The van der Waals surface area contributed by atoms with Gasteiger partial charge in [0.2, 0.25) is 0 Å². The number of oxime groups is 1. The van der Waals surface area contributed by atoms with E-state index in [0.717, 1.165) is 69.9 Å². The van der Waals surface area contributed by atoms with Gasteiger partial charge in [0.15, 0.2) is 0 Å². The first-order chi connectivity index (χ1) is 20.9. The Labute approximate surface area is 268 Å². The van der Waals surface area contributed by atoms with E-state index < -0.39 is 29.4 Å². The zero-order chi connectivity index (χ0) is 32.8. The van der Waals surface area contributed by atoms with Gasteiger partial charge in [-0.2, -0.15) is 0 Å². The summed E-state index contributed by atoms with van der Waals surface area (Å²) in [7, 11) is 1.56. The molecule has 4 saturated carbocycles. The Morgan fingerprint density at radius 3 is 2.33 bits per heavy atom. The van der Waals surface area contributed by atoms with Gasteiger partial charge in [-0.05, 0) is 104 Å². The van der Waals surface area contributed by atoms with Gasteiger partial charge in [-0.25, -0.2) is 9.59 Å². The van der Waals surface area contributed by atoms with Crippen LogP contribution in [0.15, 0.2) is 16.8 Å². The predicted octanol–water partition coefficient (Wildman–Crippen LogP) is 6.46. The van der Waals surface area contributed by atoms with Crippen molar-refractivity contribution in [3.63, 3.8) is 0 Å². The van der Waals surface area contributed by atoms with Gasteiger partial charge in [-0.3, -0.25) is 14.9 Å². The monoisotopic (exact) mass is 623 g/mol. The Balaban J connectivity index is 1.26. The number of ether oxygens (including phenoxy) is 1. The Morgan fingerprint density at radius 2 is 1.67 bits per heavy atom. The molecule has 6 rings (SSSR count). The van der Waals surface area contributed by atoms with Crippen LogP contribution < -0.4 is 10.6 Å². The minimum absolute atomic E-state index is 0.00768. The van der Waals surface area contributed by atoms with Gasteiger partial charge in [-0.15, -0.1) is 0 Å². The van der Waals surface area contributed by atoms with Gasteiger partial charge in [0.25, 0.3) is 5.91 Å². The van der Waals surface area contributed by atoms with E-state index in [1.165, 1.54) is 5.57 Å². The maximum Gasteiger partial charge on any atom is 0.337 e. The SMILES string of the molecule is COC(=O)[C@@]12CCC(C)(C)CC1C1=CCC3[C@]4(C)CC/C(=N\OC(=O)CC5NC(=O)NC5=O)C(C)(C)C4CC[C@]3(C)[C@@]1(C)CC2. The number of urea groups is 1. The van der Waals surface area contributed by atoms with E-state index in [4.69, 9.17) is 9.57 Å². The number of methoxy groups -OCH3 is 1. The number of amides is 3. The highest BCUT2D eigenvalue weighted by Crippen LogP contribution is 2.75. The van der Waals surface area contributed by atoms with E-state index in [1.807, 2.05) is 0 Å². The standard InChI is InChI=1S/C36H53N3O6/c1-31(2)15-17-36(29(42)44-8)18-16-34(6)21(22(36)20-31)9-10-25-33(5)13-12-26(32(3,4)24(33)11-14-35(25,34)7)39-45-27(40)19-23-28(41)38-30(43)37-23/h9,22-25H,10-20H2,1-8H3,(H2,37,38,41,43)/b39-26+/t22?,23?,24?,25?,33-,34+,35+,36-/m1/s1. The lowest BCUT2D eigenvalue weighted by Crippen LogP contribution is -2.64. The fourth-order valence-corrected chi connectivity index (χ4v) is 11.7. The highest BCUT2D eigenvalue weighted by atomic mass is 16.7. The van der Waals surface area contributed by atoms with Crippen molar-refractivity contribution < 1.29 is 28.8 Å². The summed E-state index contributed by atoms with van der Waals surface area (Å²) in [6, 6.07) is -1.52. The summed E-state index contributed by atoms with van der Waals surface area (Å²) in [6.45, 7) is 16.8. The summed E-state index contributed by atoms with van der Waals surface area (Å²) < 4.78 is 5.52. The van der Waals surface area contributed by atoms with Crippen LogP contribution in [0.2, 0.25) is 0 Å². The second kappa shape index (κ2) is 10.4. The lowest BCUT2D eigenvalue weighted by atomic mass is 9.33. The van der Waals surface area contributed by atoms with Crippen molar-refractivity contribution in [2.45, 2.75) is 125 Å². The molecule has 8 atom stereocenters. The van der Waals surface area contributed by atoms with Crippen molar-refractivity contribution in [1.29, 1.82) is 0 Å². The molecule has 1 aliphatic heterocycles. The summed E-state index contributed by atoms with van der Waals surface area (Å²) in [5, 5.41) is 8.98. The predicted molar refractivity (Wildman–Crippen MR) is 170 cm³/mol. The molecule has 1 heterocycles. The van der Waals surface area contributed by atoms with Crippen molar-refractivity contribution in [2.75, 3.05) is 7.11 Å². The van der Waals surface area contributed by atoms with E-state index in [9.17, 15) is 19.2 Å². The third-order valence-electron chi connectivity index (χ3n) is 14.5. The molecule has 1 saturated heterocycles. The van der Waals surface area contributed by atoms with Crippen LogP contribution in [0.5, 0.6) is 0 Å². The smallest absolute Gasteiger partial charge is 0.337 e. The number of hydrogen-bond donors (Lipinski definition) is 2. The molecule has 45 heavy (non-hydrogen) atoms. The maximum atomic E-state index is 13.5. The summed E-state index contributed by atoms with van der Waals surface area (Å²) >= 11 is 0. The first-order valence-electron chi connectivity index (χ1n) is 17.1. The van der Waals surface area contributed by atoms with E-state index >= 15 is 0 Å².